The molecule has 1 fully saturated rings. The first-order chi connectivity index (χ1) is 15.5. The lowest BCUT2D eigenvalue weighted by atomic mass is 10.1. The third-order valence-corrected chi connectivity index (χ3v) is 6.12. The minimum atomic E-state index is -0.153. The lowest BCUT2D eigenvalue weighted by Gasteiger charge is -2.16. The molecule has 5 rings (SSSR count). The van der Waals surface area contributed by atoms with Crippen LogP contribution in [0.2, 0.25) is 0 Å². The van der Waals surface area contributed by atoms with Gasteiger partial charge in [0.15, 0.2) is 17.3 Å². The van der Waals surface area contributed by atoms with Crippen molar-refractivity contribution < 1.29 is 13.9 Å². The van der Waals surface area contributed by atoms with E-state index in [9.17, 15) is 4.79 Å². The van der Waals surface area contributed by atoms with Crippen molar-refractivity contribution >= 4 is 21.8 Å². The third kappa shape index (κ3) is 3.64. The van der Waals surface area contributed by atoms with Crippen LogP contribution in [0, 0.1) is 6.92 Å². The van der Waals surface area contributed by atoms with Gasteiger partial charge in [0, 0.05) is 25.0 Å². The maximum Gasteiger partial charge on any atom is 0.276 e. The fourth-order valence-electron chi connectivity index (χ4n) is 4.47. The molecule has 1 aliphatic heterocycles. The summed E-state index contributed by atoms with van der Waals surface area (Å²) in [7, 11) is 3.32. The Kier molecular flexibility index (Phi) is 5.38. The zero-order chi connectivity index (χ0) is 22.2. The summed E-state index contributed by atoms with van der Waals surface area (Å²) in [6.07, 6.45) is 3.54. The number of furan rings is 1. The Labute approximate surface area is 185 Å². The molecule has 1 aromatic carbocycles. The van der Waals surface area contributed by atoms with Crippen molar-refractivity contribution in [1.29, 1.82) is 0 Å². The van der Waals surface area contributed by atoms with E-state index in [1.807, 2.05) is 31.2 Å². The summed E-state index contributed by atoms with van der Waals surface area (Å²) in [5.74, 6) is 2.59. The third-order valence-electron chi connectivity index (χ3n) is 6.12. The van der Waals surface area contributed by atoms with Crippen LogP contribution >= 0.6 is 0 Å². The van der Waals surface area contributed by atoms with Gasteiger partial charge in [-0.15, -0.1) is 0 Å². The number of nitrogens with zero attached hydrogens (tertiary/aromatic N) is 3. The molecule has 1 N–H and O–H groups in total. The molecule has 4 heterocycles. The molecule has 168 valence electrons. The first-order valence-corrected chi connectivity index (χ1v) is 11.1. The van der Waals surface area contributed by atoms with Crippen LogP contribution in [0.15, 0.2) is 33.5 Å². The van der Waals surface area contributed by atoms with Crippen molar-refractivity contribution in [2.45, 2.75) is 26.2 Å². The van der Waals surface area contributed by atoms with Gasteiger partial charge in [-0.25, -0.2) is 4.98 Å². The number of nitrogens with one attached hydrogen (secondary N) is 1. The number of methoxy groups -OCH3 is 1. The molecule has 1 saturated heterocycles. The molecule has 0 radical (unpaired) electrons. The number of aromatic nitrogens is 3. The summed E-state index contributed by atoms with van der Waals surface area (Å²) in [6, 6.07) is 7.48. The standard InChI is InChI=1S/C24H28N4O4/c1-15-7-8-18(32-15)23-21-22(26-27(2)24(21)29)16-13-19(30-3)20(14-17(16)25-23)31-12-6-11-28-9-4-5-10-28/h7-8,13-14,26H,4-6,9-12H2,1-3H3. The van der Waals surface area contributed by atoms with Gasteiger partial charge in [-0.1, -0.05) is 0 Å². The number of pyridine rings is 1. The average Bonchev–Trinajstić information content (AvgIpc) is 3.52. The predicted molar refractivity (Wildman–Crippen MR) is 124 cm³/mol. The van der Waals surface area contributed by atoms with Gasteiger partial charge in [0.2, 0.25) is 0 Å². The number of aryl methyl sites for hydroxylation is 2. The molecule has 32 heavy (non-hydrogen) atoms. The number of hydrogen-bond acceptors (Lipinski definition) is 6. The molecule has 0 atom stereocenters. The number of H-pyrrole nitrogens is 1. The Bertz CT molecular complexity index is 1330. The number of ether oxygens (including phenoxy) is 2. The van der Waals surface area contributed by atoms with Gasteiger partial charge in [0.05, 0.1) is 30.1 Å². The number of fused-ring (bicyclic) bond motifs is 3. The fraction of sp³-hybridized carbons (Fsp3) is 0.417. The summed E-state index contributed by atoms with van der Waals surface area (Å²) in [6.45, 7) is 5.89. The van der Waals surface area contributed by atoms with Gasteiger partial charge in [-0.05, 0) is 57.5 Å². The van der Waals surface area contributed by atoms with Crippen LogP contribution in [0.4, 0.5) is 0 Å². The zero-order valence-electron chi connectivity index (χ0n) is 18.7. The topological polar surface area (TPSA) is 85.5 Å². The highest BCUT2D eigenvalue weighted by molar-refractivity contribution is 6.09. The van der Waals surface area contributed by atoms with Crippen molar-refractivity contribution in [3.05, 3.63) is 40.4 Å². The van der Waals surface area contributed by atoms with E-state index in [-0.39, 0.29) is 5.56 Å². The number of hydrogen-bond donors (Lipinski definition) is 1. The number of likely N-dealkylation sites (tertiary alicyclic amines) is 1. The van der Waals surface area contributed by atoms with Crippen LogP contribution < -0.4 is 15.0 Å². The van der Waals surface area contributed by atoms with E-state index in [1.54, 1.807) is 14.2 Å². The molecular weight excluding hydrogens is 408 g/mol. The number of aromatic amines is 1. The summed E-state index contributed by atoms with van der Waals surface area (Å²) >= 11 is 0. The Hall–Kier alpha value is -3.26. The van der Waals surface area contributed by atoms with E-state index in [0.29, 0.717) is 46.0 Å². The Balaban J connectivity index is 1.55. The molecule has 0 bridgehead atoms. The monoisotopic (exact) mass is 436 g/mol. The van der Waals surface area contributed by atoms with Gasteiger partial charge in [0.25, 0.3) is 5.56 Å². The van der Waals surface area contributed by atoms with Gasteiger partial charge >= 0.3 is 0 Å². The molecule has 4 aromatic rings. The highest BCUT2D eigenvalue weighted by Gasteiger charge is 2.21. The SMILES string of the molecule is COc1cc2c(cc1OCCCN1CCCC1)nc(-c1ccc(C)o1)c1c(=O)n(C)[nH]c12. The van der Waals surface area contributed by atoms with Gasteiger partial charge in [-0.2, -0.15) is 0 Å². The second-order valence-corrected chi connectivity index (χ2v) is 8.37. The van der Waals surface area contributed by atoms with Crippen molar-refractivity contribution in [3.8, 4) is 23.0 Å². The van der Waals surface area contributed by atoms with Crippen LogP contribution in [0.1, 0.15) is 25.0 Å². The quantitative estimate of drug-likeness (QED) is 0.443. The van der Waals surface area contributed by atoms with E-state index in [4.69, 9.17) is 18.9 Å². The van der Waals surface area contributed by atoms with Gasteiger partial charge in [0.1, 0.15) is 11.5 Å². The summed E-state index contributed by atoms with van der Waals surface area (Å²) in [5, 5.41) is 4.45. The normalized spacial score (nSPS) is 14.6. The smallest absolute Gasteiger partial charge is 0.276 e. The predicted octanol–water partition coefficient (Wildman–Crippen LogP) is 3.86. The molecule has 1 aliphatic rings. The second-order valence-electron chi connectivity index (χ2n) is 8.37. The summed E-state index contributed by atoms with van der Waals surface area (Å²) < 4.78 is 19.0. The lowest BCUT2D eigenvalue weighted by Crippen LogP contribution is -2.21. The fourth-order valence-corrected chi connectivity index (χ4v) is 4.47. The van der Waals surface area contributed by atoms with E-state index in [2.05, 4.69) is 10.00 Å². The Morgan fingerprint density at radius 3 is 2.72 bits per heavy atom. The van der Waals surface area contributed by atoms with Crippen molar-refractivity contribution in [2.75, 3.05) is 33.4 Å². The van der Waals surface area contributed by atoms with Crippen molar-refractivity contribution in [1.82, 2.24) is 19.7 Å². The molecule has 8 nitrogen and oxygen atoms in total. The van der Waals surface area contributed by atoms with Crippen LogP contribution in [0.25, 0.3) is 33.3 Å². The van der Waals surface area contributed by atoms with Crippen molar-refractivity contribution in [2.24, 2.45) is 7.05 Å². The Morgan fingerprint density at radius 2 is 2.00 bits per heavy atom. The molecule has 0 amide bonds. The van der Waals surface area contributed by atoms with Crippen LogP contribution in [-0.2, 0) is 7.05 Å². The van der Waals surface area contributed by atoms with E-state index in [0.717, 1.165) is 24.1 Å². The van der Waals surface area contributed by atoms with E-state index >= 15 is 0 Å². The maximum absolute atomic E-state index is 12.9. The minimum Gasteiger partial charge on any atom is -0.493 e. The van der Waals surface area contributed by atoms with E-state index in [1.165, 1.54) is 30.6 Å². The van der Waals surface area contributed by atoms with E-state index < -0.39 is 0 Å². The highest BCUT2D eigenvalue weighted by atomic mass is 16.5. The highest BCUT2D eigenvalue weighted by Crippen LogP contribution is 2.37. The number of benzene rings is 1. The summed E-state index contributed by atoms with van der Waals surface area (Å²) in [5.41, 5.74) is 1.77. The molecule has 8 heteroatoms. The summed E-state index contributed by atoms with van der Waals surface area (Å²) in [4.78, 5) is 20.2. The molecule has 0 aliphatic carbocycles. The van der Waals surface area contributed by atoms with Crippen LogP contribution in [-0.4, -0.2) is 53.0 Å². The minimum absolute atomic E-state index is 0.153. The largest absolute Gasteiger partial charge is 0.493 e. The van der Waals surface area contributed by atoms with Gasteiger partial charge in [-0.3, -0.25) is 14.6 Å². The molecular formula is C24H28N4O4. The second kappa shape index (κ2) is 8.35. The van der Waals surface area contributed by atoms with Crippen LogP contribution in [0.5, 0.6) is 11.5 Å². The average molecular weight is 437 g/mol. The maximum atomic E-state index is 12.9. The lowest BCUT2D eigenvalue weighted by molar-refractivity contribution is 0.254. The molecule has 0 saturated carbocycles. The molecule has 0 spiro atoms. The molecule has 0 unspecified atom stereocenters. The number of rotatable bonds is 7. The van der Waals surface area contributed by atoms with Crippen molar-refractivity contribution in [3.63, 3.8) is 0 Å². The van der Waals surface area contributed by atoms with Gasteiger partial charge < -0.3 is 18.8 Å². The first kappa shape index (κ1) is 20.6. The zero-order valence-corrected chi connectivity index (χ0v) is 18.7. The Morgan fingerprint density at radius 1 is 1.19 bits per heavy atom. The molecule has 3 aromatic heterocycles. The van der Waals surface area contributed by atoms with Crippen LogP contribution in [0.3, 0.4) is 0 Å². The first-order valence-electron chi connectivity index (χ1n) is 11.1.